The van der Waals surface area contributed by atoms with Crippen molar-refractivity contribution < 1.29 is 14.3 Å². The summed E-state index contributed by atoms with van der Waals surface area (Å²) in [6.07, 6.45) is 1.79. The summed E-state index contributed by atoms with van der Waals surface area (Å²) in [6, 6.07) is 5.88. The standard InChI is InChI=1S/C19H30N2O3/c1-19(2,3)20-18(22)14-8-10-21(11-9-14)13-15-12-16(23-4)6-7-17(15)24-5/h6-7,12,14H,8-11,13H2,1-5H3,(H,20,22). The Bertz CT molecular complexity index is 558. The van der Waals surface area contributed by atoms with E-state index >= 15 is 0 Å². The van der Waals surface area contributed by atoms with Crippen molar-refractivity contribution >= 4 is 5.91 Å². The number of carbonyl (C=O) groups excluding carboxylic acids is 1. The number of hydrogen-bond acceptors (Lipinski definition) is 4. The lowest BCUT2D eigenvalue weighted by atomic mass is 9.94. The SMILES string of the molecule is COc1ccc(OC)c(CN2CCC(C(=O)NC(C)(C)C)CC2)c1. The first kappa shape index (κ1) is 18.6. The van der Waals surface area contributed by atoms with E-state index in [1.165, 1.54) is 0 Å². The smallest absolute Gasteiger partial charge is 0.223 e. The van der Waals surface area contributed by atoms with Crippen LogP contribution in [0.15, 0.2) is 18.2 Å². The minimum absolute atomic E-state index is 0.118. The van der Waals surface area contributed by atoms with Crippen molar-refractivity contribution in [3.63, 3.8) is 0 Å². The fourth-order valence-corrected chi connectivity index (χ4v) is 3.07. The summed E-state index contributed by atoms with van der Waals surface area (Å²) >= 11 is 0. The first-order valence-electron chi connectivity index (χ1n) is 8.57. The Morgan fingerprint density at radius 3 is 2.42 bits per heavy atom. The molecule has 0 atom stereocenters. The maximum Gasteiger partial charge on any atom is 0.223 e. The van der Waals surface area contributed by atoms with E-state index in [2.05, 4.69) is 10.2 Å². The summed E-state index contributed by atoms with van der Waals surface area (Å²) in [5.74, 6) is 2.02. The lowest BCUT2D eigenvalue weighted by Crippen LogP contribution is -2.46. The van der Waals surface area contributed by atoms with E-state index in [1.54, 1.807) is 14.2 Å². The van der Waals surface area contributed by atoms with E-state index in [0.29, 0.717) is 0 Å². The highest BCUT2D eigenvalue weighted by atomic mass is 16.5. The van der Waals surface area contributed by atoms with E-state index in [0.717, 1.165) is 49.5 Å². The molecule has 1 aliphatic rings. The highest BCUT2D eigenvalue weighted by Crippen LogP contribution is 2.27. The average molecular weight is 334 g/mol. The number of nitrogens with one attached hydrogen (secondary N) is 1. The van der Waals surface area contributed by atoms with Gasteiger partial charge >= 0.3 is 0 Å². The summed E-state index contributed by atoms with van der Waals surface area (Å²) in [5.41, 5.74) is 0.955. The molecule has 0 spiro atoms. The molecule has 1 aromatic carbocycles. The van der Waals surface area contributed by atoms with E-state index in [9.17, 15) is 4.79 Å². The maximum atomic E-state index is 12.3. The number of piperidine rings is 1. The largest absolute Gasteiger partial charge is 0.497 e. The van der Waals surface area contributed by atoms with Gasteiger partial charge in [-0.2, -0.15) is 0 Å². The van der Waals surface area contributed by atoms with Gasteiger partial charge in [-0.3, -0.25) is 9.69 Å². The molecule has 0 unspecified atom stereocenters. The van der Waals surface area contributed by atoms with Crippen LogP contribution in [-0.4, -0.2) is 43.7 Å². The number of carbonyl (C=O) groups is 1. The van der Waals surface area contributed by atoms with Gasteiger partial charge in [0.2, 0.25) is 5.91 Å². The summed E-state index contributed by atoms with van der Waals surface area (Å²) in [7, 11) is 3.36. The fraction of sp³-hybridized carbons (Fsp3) is 0.632. The second-order valence-corrected chi connectivity index (χ2v) is 7.47. The quantitative estimate of drug-likeness (QED) is 0.900. The zero-order valence-electron chi connectivity index (χ0n) is 15.5. The fourth-order valence-electron chi connectivity index (χ4n) is 3.07. The molecule has 1 aliphatic heterocycles. The van der Waals surface area contributed by atoms with Crippen LogP contribution in [0, 0.1) is 5.92 Å². The average Bonchev–Trinajstić information content (AvgIpc) is 2.53. The third kappa shape index (κ3) is 5.13. The van der Waals surface area contributed by atoms with Gasteiger partial charge in [0.05, 0.1) is 14.2 Å². The Labute approximate surface area is 145 Å². The molecule has 2 rings (SSSR count). The van der Waals surface area contributed by atoms with Crippen LogP contribution in [0.5, 0.6) is 11.5 Å². The van der Waals surface area contributed by atoms with Gasteiger partial charge in [0, 0.05) is 23.6 Å². The minimum atomic E-state index is -0.165. The molecule has 0 radical (unpaired) electrons. The summed E-state index contributed by atoms with van der Waals surface area (Å²) < 4.78 is 10.8. The van der Waals surface area contributed by atoms with Gasteiger partial charge in [0.1, 0.15) is 11.5 Å². The zero-order chi connectivity index (χ0) is 17.7. The first-order chi connectivity index (χ1) is 11.3. The number of benzene rings is 1. The molecule has 134 valence electrons. The van der Waals surface area contributed by atoms with Crippen molar-refractivity contribution in [1.29, 1.82) is 0 Å². The molecule has 1 N–H and O–H groups in total. The molecular formula is C19H30N2O3. The van der Waals surface area contributed by atoms with Crippen LogP contribution in [0.25, 0.3) is 0 Å². The molecule has 0 aliphatic carbocycles. The first-order valence-corrected chi connectivity index (χ1v) is 8.57. The Morgan fingerprint density at radius 1 is 1.21 bits per heavy atom. The molecular weight excluding hydrogens is 304 g/mol. The molecule has 5 heteroatoms. The monoisotopic (exact) mass is 334 g/mol. The highest BCUT2D eigenvalue weighted by Gasteiger charge is 2.27. The molecule has 5 nitrogen and oxygen atoms in total. The number of likely N-dealkylation sites (tertiary alicyclic amines) is 1. The molecule has 0 aromatic heterocycles. The number of hydrogen-bond donors (Lipinski definition) is 1. The van der Waals surface area contributed by atoms with Crippen LogP contribution < -0.4 is 14.8 Å². The second-order valence-electron chi connectivity index (χ2n) is 7.47. The summed E-state index contributed by atoms with van der Waals surface area (Å²) in [4.78, 5) is 14.7. The number of rotatable bonds is 5. The Kier molecular flexibility index (Phi) is 6.10. The summed E-state index contributed by atoms with van der Waals surface area (Å²) in [5, 5.41) is 3.09. The number of methoxy groups -OCH3 is 2. The molecule has 24 heavy (non-hydrogen) atoms. The lowest BCUT2D eigenvalue weighted by molar-refractivity contribution is -0.127. The lowest BCUT2D eigenvalue weighted by Gasteiger charge is -2.33. The zero-order valence-corrected chi connectivity index (χ0v) is 15.5. The molecule has 0 saturated carbocycles. The van der Waals surface area contributed by atoms with Crippen molar-refractivity contribution in [2.45, 2.75) is 45.7 Å². The Hall–Kier alpha value is -1.75. The third-order valence-corrected chi connectivity index (χ3v) is 4.34. The molecule has 1 fully saturated rings. The van der Waals surface area contributed by atoms with Crippen LogP contribution in [0.1, 0.15) is 39.2 Å². The second kappa shape index (κ2) is 7.88. The van der Waals surface area contributed by atoms with Gasteiger partial charge < -0.3 is 14.8 Å². The predicted molar refractivity (Wildman–Crippen MR) is 95.4 cm³/mol. The van der Waals surface area contributed by atoms with Gasteiger partial charge in [-0.05, 0) is 64.9 Å². The Morgan fingerprint density at radius 2 is 1.88 bits per heavy atom. The topological polar surface area (TPSA) is 50.8 Å². The van der Waals surface area contributed by atoms with Crippen LogP contribution in [-0.2, 0) is 11.3 Å². The molecule has 1 saturated heterocycles. The molecule has 1 heterocycles. The highest BCUT2D eigenvalue weighted by molar-refractivity contribution is 5.79. The number of nitrogens with zero attached hydrogens (tertiary/aromatic N) is 1. The molecule has 1 amide bonds. The van der Waals surface area contributed by atoms with Crippen LogP contribution in [0.2, 0.25) is 0 Å². The molecule has 0 bridgehead atoms. The van der Waals surface area contributed by atoms with E-state index in [-0.39, 0.29) is 17.4 Å². The van der Waals surface area contributed by atoms with Gasteiger partial charge in [-0.25, -0.2) is 0 Å². The van der Waals surface area contributed by atoms with Gasteiger partial charge in [-0.15, -0.1) is 0 Å². The third-order valence-electron chi connectivity index (χ3n) is 4.34. The van der Waals surface area contributed by atoms with Gasteiger partial charge in [0.25, 0.3) is 0 Å². The van der Waals surface area contributed by atoms with E-state index in [4.69, 9.17) is 9.47 Å². The van der Waals surface area contributed by atoms with Gasteiger partial charge in [-0.1, -0.05) is 0 Å². The van der Waals surface area contributed by atoms with Crippen molar-refractivity contribution in [3.8, 4) is 11.5 Å². The molecule has 1 aromatic rings. The summed E-state index contributed by atoms with van der Waals surface area (Å²) in [6.45, 7) is 8.72. The number of ether oxygens (including phenoxy) is 2. The number of amides is 1. The van der Waals surface area contributed by atoms with E-state index < -0.39 is 0 Å². The van der Waals surface area contributed by atoms with Crippen LogP contribution in [0.3, 0.4) is 0 Å². The Balaban J connectivity index is 1.92. The van der Waals surface area contributed by atoms with Crippen LogP contribution in [0.4, 0.5) is 0 Å². The normalized spacial score (nSPS) is 16.7. The van der Waals surface area contributed by atoms with E-state index in [1.807, 2.05) is 39.0 Å². The maximum absolute atomic E-state index is 12.3. The van der Waals surface area contributed by atoms with Crippen molar-refractivity contribution in [3.05, 3.63) is 23.8 Å². The van der Waals surface area contributed by atoms with Crippen LogP contribution >= 0.6 is 0 Å². The minimum Gasteiger partial charge on any atom is -0.497 e. The van der Waals surface area contributed by atoms with Crippen molar-refractivity contribution in [2.24, 2.45) is 5.92 Å². The van der Waals surface area contributed by atoms with Crippen molar-refractivity contribution in [2.75, 3.05) is 27.3 Å². The van der Waals surface area contributed by atoms with Gasteiger partial charge in [0.15, 0.2) is 0 Å². The predicted octanol–water partition coefficient (Wildman–Crippen LogP) is 2.83. The van der Waals surface area contributed by atoms with Crippen molar-refractivity contribution in [1.82, 2.24) is 10.2 Å².